The van der Waals surface area contributed by atoms with Crippen molar-refractivity contribution < 1.29 is 9.18 Å². The number of amides is 1. The molecule has 1 aromatic heterocycles. The number of piperidine rings is 1. The van der Waals surface area contributed by atoms with Gasteiger partial charge in [-0.1, -0.05) is 48.5 Å². The molecule has 4 rings (SSSR count). The van der Waals surface area contributed by atoms with Crippen molar-refractivity contribution in [3.63, 3.8) is 0 Å². The topological polar surface area (TPSA) is 87.2 Å². The van der Waals surface area contributed by atoms with Crippen LogP contribution in [0.25, 0.3) is 0 Å². The SMILES string of the molecule is O=C(NCC1CCN(Cc2ccccc2)CC1)c1c[nH]c(=O)n(Cc2ccccc2F)c1=O. The van der Waals surface area contributed by atoms with Gasteiger partial charge in [-0.05, 0) is 43.5 Å². The molecule has 1 amide bonds. The minimum Gasteiger partial charge on any atom is -0.352 e. The van der Waals surface area contributed by atoms with Gasteiger partial charge in [-0.2, -0.15) is 0 Å². The smallest absolute Gasteiger partial charge is 0.328 e. The van der Waals surface area contributed by atoms with E-state index in [-0.39, 0.29) is 17.7 Å². The molecule has 33 heavy (non-hydrogen) atoms. The maximum Gasteiger partial charge on any atom is 0.328 e. The van der Waals surface area contributed by atoms with Crippen molar-refractivity contribution in [2.45, 2.75) is 25.9 Å². The molecular weight excluding hydrogens is 423 g/mol. The second-order valence-corrected chi connectivity index (χ2v) is 8.41. The lowest BCUT2D eigenvalue weighted by Gasteiger charge is -2.32. The van der Waals surface area contributed by atoms with Gasteiger partial charge >= 0.3 is 5.69 Å². The largest absolute Gasteiger partial charge is 0.352 e. The predicted molar refractivity (Wildman–Crippen MR) is 124 cm³/mol. The number of hydrogen-bond acceptors (Lipinski definition) is 4. The van der Waals surface area contributed by atoms with Crippen molar-refractivity contribution in [1.29, 1.82) is 0 Å². The number of hydrogen-bond donors (Lipinski definition) is 2. The highest BCUT2D eigenvalue weighted by molar-refractivity contribution is 5.93. The third kappa shape index (κ3) is 5.64. The Morgan fingerprint density at radius 3 is 2.42 bits per heavy atom. The van der Waals surface area contributed by atoms with Crippen molar-refractivity contribution >= 4 is 5.91 Å². The molecule has 1 saturated heterocycles. The van der Waals surface area contributed by atoms with Crippen LogP contribution in [-0.4, -0.2) is 40.0 Å². The number of nitrogens with one attached hydrogen (secondary N) is 2. The number of halogens is 1. The second-order valence-electron chi connectivity index (χ2n) is 8.41. The molecule has 1 aliphatic rings. The summed E-state index contributed by atoms with van der Waals surface area (Å²) in [5.41, 5.74) is -0.103. The summed E-state index contributed by atoms with van der Waals surface area (Å²) >= 11 is 0. The molecule has 8 heteroatoms. The van der Waals surface area contributed by atoms with Crippen LogP contribution in [-0.2, 0) is 13.1 Å². The molecule has 172 valence electrons. The summed E-state index contributed by atoms with van der Waals surface area (Å²) in [5.74, 6) is -0.730. The highest BCUT2D eigenvalue weighted by Gasteiger charge is 2.21. The van der Waals surface area contributed by atoms with Crippen LogP contribution in [0.2, 0.25) is 0 Å². The third-order valence-electron chi connectivity index (χ3n) is 6.10. The van der Waals surface area contributed by atoms with Crippen LogP contribution in [0.3, 0.4) is 0 Å². The van der Waals surface area contributed by atoms with Crippen LogP contribution in [0, 0.1) is 11.7 Å². The number of carbonyl (C=O) groups is 1. The van der Waals surface area contributed by atoms with Gasteiger partial charge in [-0.25, -0.2) is 9.18 Å². The first-order valence-electron chi connectivity index (χ1n) is 11.1. The van der Waals surface area contributed by atoms with Gasteiger partial charge in [0.2, 0.25) is 0 Å². The quantitative estimate of drug-likeness (QED) is 0.579. The Bertz CT molecular complexity index is 1210. The van der Waals surface area contributed by atoms with Gasteiger partial charge in [0.05, 0.1) is 6.54 Å². The Kier molecular flexibility index (Phi) is 7.14. The summed E-state index contributed by atoms with van der Waals surface area (Å²) in [6, 6.07) is 16.2. The Labute approximate surface area is 190 Å². The molecular formula is C25H27FN4O3. The summed E-state index contributed by atoms with van der Waals surface area (Å²) in [6.07, 6.45) is 3.03. The van der Waals surface area contributed by atoms with Crippen LogP contribution >= 0.6 is 0 Å². The van der Waals surface area contributed by atoms with E-state index >= 15 is 0 Å². The molecule has 0 unspecified atom stereocenters. The van der Waals surface area contributed by atoms with Gasteiger partial charge < -0.3 is 10.3 Å². The summed E-state index contributed by atoms with van der Waals surface area (Å²) in [4.78, 5) is 42.4. The average molecular weight is 451 g/mol. The predicted octanol–water partition coefficient (Wildman–Crippen LogP) is 2.37. The fourth-order valence-corrected chi connectivity index (χ4v) is 4.14. The highest BCUT2D eigenvalue weighted by atomic mass is 19.1. The number of nitrogens with zero attached hydrogens (tertiary/aromatic N) is 2. The van der Waals surface area contributed by atoms with Crippen LogP contribution in [0.1, 0.15) is 34.3 Å². The maximum atomic E-state index is 14.0. The number of benzene rings is 2. The zero-order valence-corrected chi connectivity index (χ0v) is 18.3. The Hall–Kier alpha value is -3.52. The lowest BCUT2D eigenvalue weighted by molar-refractivity contribution is 0.0932. The standard InChI is InChI=1S/C25H27FN4O3/c26-22-9-5-4-8-20(22)17-30-24(32)21(15-28-25(30)33)23(31)27-14-18-10-12-29(13-11-18)16-19-6-2-1-3-7-19/h1-9,15,18H,10-14,16-17H2,(H,27,31)(H,28,33). The van der Waals surface area contributed by atoms with E-state index in [0.29, 0.717) is 12.5 Å². The van der Waals surface area contributed by atoms with Crippen molar-refractivity contribution in [3.05, 3.63) is 104 Å². The van der Waals surface area contributed by atoms with Gasteiger partial charge in [-0.3, -0.25) is 19.1 Å². The van der Waals surface area contributed by atoms with E-state index in [1.807, 2.05) is 18.2 Å². The molecule has 1 aliphatic heterocycles. The monoisotopic (exact) mass is 450 g/mol. The highest BCUT2D eigenvalue weighted by Crippen LogP contribution is 2.18. The first kappa shape index (κ1) is 22.7. The number of carbonyl (C=O) groups excluding carboxylic acids is 1. The van der Waals surface area contributed by atoms with E-state index in [2.05, 4.69) is 27.3 Å². The molecule has 7 nitrogen and oxygen atoms in total. The van der Waals surface area contributed by atoms with E-state index in [1.54, 1.807) is 6.07 Å². The van der Waals surface area contributed by atoms with Crippen molar-refractivity contribution in [1.82, 2.24) is 19.8 Å². The van der Waals surface area contributed by atoms with E-state index in [1.165, 1.54) is 23.8 Å². The number of aromatic amines is 1. The molecule has 2 heterocycles. The third-order valence-corrected chi connectivity index (χ3v) is 6.10. The van der Waals surface area contributed by atoms with Crippen molar-refractivity contribution in [2.75, 3.05) is 19.6 Å². The molecule has 0 radical (unpaired) electrons. The van der Waals surface area contributed by atoms with Gasteiger partial charge in [-0.15, -0.1) is 0 Å². The minimum absolute atomic E-state index is 0.160. The zero-order chi connectivity index (χ0) is 23.2. The molecule has 0 spiro atoms. The van der Waals surface area contributed by atoms with E-state index in [9.17, 15) is 18.8 Å². The molecule has 1 fully saturated rings. The second kappa shape index (κ2) is 10.4. The van der Waals surface area contributed by atoms with Crippen molar-refractivity contribution in [2.24, 2.45) is 5.92 Å². The lowest BCUT2D eigenvalue weighted by Crippen LogP contribution is -2.42. The number of aromatic nitrogens is 2. The average Bonchev–Trinajstić information content (AvgIpc) is 2.83. The van der Waals surface area contributed by atoms with E-state index in [4.69, 9.17) is 0 Å². The van der Waals surface area contributed by atoms with Gasteiger partial charge in [0.1, 0.15) is 11.4 Å². The van der Waals surface area contributed by atoms with Crippen LogP contribution in [0.5, 0.6) is 0 Å². The fourth-order valence-electron chi connectivity index (χ4n) is 4.14. The summed E-state index contributed by atoms with van der Waals surface area (Å²) in [6.45, 7) is 3.03. The van der Waals surface area contributed by atoms with Crippen LogP contribution in [0.15, 0.2) is 70.4 Å². The van der Waals surface area contributed by atoms with E-state index in [0.717, 1.165) is 43.2 Å². The normalized spacial score (nSPS) is 14.8. The molecule has 2 N–H and O–H groups in total. The summed E-state index contributed by atoms with van der Waals surface area (Å²) < 4.78 is 14.8. The molecule has 0 aliphatic carbocycles. The number of rotatable bonds is 7. The minimum atomic E-state index is -0.739. The van der Waals surface area contributed by atoms with Gasteiger partial charge in [0.25, 0.3) is 11.5 Å². The van der Waals surface area contributed by atoms with Crippen LogP contribution in [0.4, 0.5) is 4.39 Å². The van der Waals surface area contributed by atoms with Crippen LogP contribution < -0.4 is 16.6 Å². The molecule has 3 aromatic rings. The molecule has 0 bridgehead atoms. The number of H-pyrrole nitrogens is 1. The summed E-state index contributed by atoms with van der Waals surface area (Å²) in [7, 11) is 0. The number of likely N-dealkylation sites (tertiary alicyclic amines) is 1. The maximum absolute atomic E-state index is 14.0. The van der Waals surface area contributed by atoms with E-state index < -0.39 is 23.0 Å². The van der Waals surface area contributed by atoms with Crippen molar-refractivity contribution in [3.8, 4) is 0 Å². The first-order chi connectivity index (χ1) is 16.0. The lowest BCUT2D eigenvalue weighted by atomic mass is 9.96. The Morgan fingerprint density at radius 2 is 1.70 bits per heavy atom. The fraction of sp³-hybridized carbons (Fsp3) is 0.320. The molecule has 0 atom stereocenters. The van der Waals surface area contributed by atoms with Gasteiger partial charge in [0, 0.05) is 24.8 Å². The summed E-state index contributed by atoms with van der Waals surface area (Å²) in [5, 5.41) is 2.83. The molecule has 2 aromatic carbocycles. The zero-order valence-electron chi connectivity index (χ0n) is 18.3. The Morgan fingerprint density at radius 1 is 1.00 bits per heavy atom. The first-order valence-corrected chi connectivity index (χ1v) is 11.1. The molecule has 0 saturated carbocycles. The van der Waals surface area contributed by atoms with Gasteiger partial charge in [0.15, 0.2) is 0 Å². The Balaban J connectivity index is 1.34.